The normalized spacial score (nSPS) is 23.3. The molecule has 3 nitrogen and oxygen atoms in total. The van der Waals surface area contributed by atoms with Gasteiger partial charge in [0.2, 0.25) is 0 Å². The zero-order valence-electron chi connectivity index (χ0n) is 8.42. The summed E-state index contributed by atoms with van der Waals surface area (Å²) >= 11 is 0. The summed E-state index contributed by atoms with van der Waals surface area (Å²) in [4.78, 5) is 3.45. The van der Waals surface area contributed by atoms with Crippen LogP contribution in [0.2, 0.25) is 0 Å². The van der Waals surface area contributed by atoms with Gasteiger partial charge in [-0.2, -0.15) is 18.4 Å². The standard InChI is InChI=1S/C11H6F3N3/c12-11(13,14)10-7(5-15)9(16)6-3-1-2-4-8(6)17-10/h1-4,6,16H. The van der Waals surface area contributed by atoms with E-state index in [9.17, 15) is 13.2 Å². The maximum absolute atomic E-state index is 12.7. The number of nitrogens with zero attached hydrogens (tertiary/aromatic N) is 2. The van der Waals surface area contributed by atoms with Crippen molar-refractivity contribution < 1.29 is 13.2 Å². The third-order valence-corrected chi connectivity index (χ3v) is 2.44. The van der Waals surface area contributed by atoms with E-state index in [1.165, 1.54) is 12.1 Å². The average molecular weight is 237 g/mol. The summed E-state index contributed by atoms with van der Waals surface area (Å²) in [6, 6.07) is 1.41. The van der Waals surface area contributed by atoms with Gasteiger partial charge in [0.15, 0.2) is 5.70 Å². The van der Waals surface area contributed by atoms with Crippen molar-refractivity contribution in [3.8, 4) is 6.07 Å². The second-order valence-electron chi connectivity index (χ2n) is 3.51. The summed E-state index contributed by atoms with van der Waals surface area (Å²) in [6.07, 6.45) is 1.41. The Hall–Kier alpha value is -2.16. The molecular weight excluding hydrogens is 231 g/mol. The molecule has 0 amide bonds. The number of nitrogens with one attached hydrogen (secondary N) is 1. The number of hydrogen-bond donors (Lipinski definition) is 1. The van der Waals surface area contributed by atoms with Crippen LogP contribution in [0.25, 0.3) is 0 Å². The van der Waals surface area contributed by atoms with E-state index in [1.807, 2.05) is 0 Å². The Balaban J connectivity index is 2.62. The lowest BCUT2D eigenvalue weighted by Gasteiger charge is -2.23. The van der Waals surface area contributed by atoms with Crippen LogP contribution in [0.1, 0.15) is 0 Å². The summed E-state index contributed by atoms with van der Waals surface area (Å²) in [6.45, 7) is 0. The number of halogens is 3. The van der Waals surface area contributed by atoms with Gasteiger partial charge in [0.1, 0.15) is 11.6 Å². The molecule has 0 spiro atoms. The monoisotopic (exact) mass is 237 g/mol. The van der Waals surface area contributed by atoms with Gasteiger partial charge < -0.3 is 5.41 Å². The topological polar surface area (TPSA) is 60.0 Å². The van der Waals surface area contributed by atoms with E-state index in [4.69, 9.17) is 10.7 Å². The van der Waals surface area contributed by atoms with Crippen molar-refractivity contribution >= 4 is 11.4 Å². The molecule has 17 heavy (non-hydrogen) atoms. The van der Waals surface area contributed by atoms with Crippen LogP contribution in [-0.4, -0.2) is 17.6 Å². The Kier molecular flexibility index (Phi) is 2.46. The molecule has 0 aromatic heterocycles. The number of allylic oxidation sites excluding steroid dienone is 6. The predicted octanol–water partition coefficient (Wildman–Crippen LogP) is 2.54. The van der Waals surface area contributed by atoms with Crippen molar-refractivity contribution in [3.63, 3.8) is 0 Å². The Morgan fingerprint density at radius 1 is 1.35 bits per heavy atom. The molecule has 1 N–H and O–H groups in total. The first-order valence-electron chi connectivity index (χ1n) is 4.69. The quantitative estimate of drug-likeness (QED) is 0.691. The number of rotatable bonds is 0. The third-order valence-electron chi connectivity index (χ3n) is 2.44. The van der Waals surface area contributed by atoms with E-state index < -0.39 is 23.4 Å². The zero-order chi connectivity index (χ0) is 12.6. The van der Waals surface area contributed by atoms with Gasteiger partial charge in [0.25, 0.3) is 0 Å². The van der Waals surface area contributed by atoms with Crippen LogP contribution >= 0.6 is 0 Å². The number of aliphatic imine (C=N–C) groups is 1. The number of alkyl halides is 3. The molecule has 0 saturated carbocycles. The van der Waals surface area contributed by atoms with Crippen LogP contribution < -0.4 is 0 Å². The summed E-state index contributed by atoms with van der Waals surface area (Å²) in [5, 5.41) is 16.4. The Labute approximate surface area is 94.8 Å². The van der Waals surface area contributed by atoms with Crippen LogP contribution in [0.4, 0.5) is 13.2 Å². The van der Waals surface area contributed by atoms with E-state index in [0.717, 1.165) is 0 Å². The van der Waals surface area contributed by atoms with Gasteiger partial charge in [0, 0.05) is 0 Å². The predicted molar refractivity (Wildman–Crippen MR) is 55.6 cm³/mol. The molecule has 0 radical (unpaired) electrons. The summed E-state index contributed by atoms with van der Waals surface area (Å²) in [7, 11) is 0. The van der Waals surface area contributed by atoms with E-state index in [1.54, 1.807) is 18.2 Å². The van der Waals surface area contributed by atoms with Crippen molar-refractivity contribution in [3.05, 3.63) is 35.6 Å². The highest BCUT2D eigenvalue weighted by atomic mass is 19.4. The van der Waals surface area contributed by atoms with Gasteiger partial charge in [-0.25, -0.2) is 4.99 Å². The maximum Gasteiger partial charge on any atom is 0.434 e. The summed E-state index contributed by atoms with van der Waals surface area (Å²) in [5.74, 6) is -0.652. The molecule has 86 valence electrons. The number of fused-ring (bicyclic) bond motifs is 1. The lowest BCUT2D eigenvalue weighted by Crippen LogP contribution is -2.31. The zero-order valence-corrected chi connectivity index (χ0v) is 8.42. The Morgan fingerprint density at radius 3 is 2.65 bits per heavy atom. The highest BCUT2D eigenvalue weighted by Gasteiger charge is 2.42. The van der Waals surface area contributed by atoms with Gasteiger partial charge in [-0.3, -0.25) is 0 Å². The molecule has 0 fully saturated rings. The first kappa shape index (κ1) is 11.3. The molecule has 1 atom stereocenters. The van der Waals surface area contributed by atoms with Crippen LogP contribution in [0.15, 0.2) is 40.6 Å². The molecule has 1 aliphatic heterocycles. The van der Waals surface area contributed by atoms with E-state index >= 15 is 0 Å². The molecule has 2 aliphatic rings. The van der Waals surface area contributed by atoms with Gasteiger partial charge >= 0.3 is 6.18 Å². The highest BCUT2D eigenvalue weighted by molar-refractivity contribution is 6.22. The molecule has 1 aliphatic carbocycles. The van der Waals surface area contributed by atoms with Crippen LogP contribution in [-0.2, 0) is 0 Å². The molecule has 1 heterocycles. The SMILES string of the molecule is N#CC1=C(C(F)(F)F)N=C2C=CC=CC2C1=N. The molecular formula is C11H6F3N3. The minimum atomic E-state index is -4.72. The van der Waals surface area contributed by atoms with Gasteiger partial charge in [0.05, 0.1) is 17.3 Å². The minimum absolute atomic E-state index is 0.142. The van der Waals surface area contributed by atoms with Gasteiger partial charge in [-0.1, -0.05) is 18.2 Å². The van der Waals surface area contributed by atoms with Crippen molar-refractivity contribution in [2.24, 2.45) is 10.9 Å². The van der Waals surface area contributed by atoms with Crippen molar-refractivity contribution in [1.29, 1.82) is 10.7 Å². The molecule has 0 aromatic carbocycles. The lowest BCUT2D eigenvalue weighted by atomic mass is 9.86. The van der Waals surface area contributed by atoms with Crippen molar-refractivity contribution in [2.75, 3.05) is 0 Å². The fraction of sp³-hybridized carbons (Fsp3) is 0.182. The Bertz CT molecular complexity index is 541. The molecule has 1 unspecified atom stereocenters. The fourth-order valence-electron chi connectivity index (χ4n) is 1.67. The van der Waals surface area contributed by atoms with Gasteiger partial charge in [-0.15, -0.1) is 0 Å². The molecule has 0 bridgehead atoms. The molecule has 0 saturated heterocycles. The van der Waals surface area contributed by atoms with E-state index in [2.05, 4.69) is 4.99 Å². The van der Waals surface area contributed by atoms with Crippen molar-refractivity contribution in [2.45, 2.75) is 6.18 Å². The minimum Gasteiger partial charge on any atom is -0.303 e. The maximum atomic E-state index is 12.7. The average Bonchev–Trinajstić information content (AvgIpc) is 2.28. The van der Waals surface area contributed by atoms with E-state index in [0.29, 0.717) is 0 Å². The van der Waals surface area contributed by atoms with Crippen molar-refractivity contribution in [1.82, 2.24) is 0 Å². The second kappa shape index (κ2) is 3.70. The third kappa shape index (κ3) is 1.80. The summed E-state index contributed by atoms with van der Waals surface area (Å²) < 4.78 is 38.0. The largest absolute Gasteiger partial charge is 0.434 e. The molecule has 2 rings (SSSR count). The molecule has 6 heteroatoms. The smallest absolute Gasteiger partial charge is 0.303 e. The highest BCUT2D eigenvalue weighted by Crippen LogP contribution is 2.35. The summed E-state index contributed by atoms with van der Waals surface area (Å²) in [5.41, 5.74) is -2.20. The number of hydrogen-bond acceptors (Lipinski definition) is 3. The van der Waals surface area contributed by atoms with E-state index in [-0.39, 0.29) is 11.4 Å². The van der Waals surface area contributed by atoms with Crippen LogP contribution in [0, 0.1) is 22.7 Å². The first-order valence-corrected chi connectivity index (χ1v) is 4.69. The Morgan fingerprint density at radius 2 is 2.06 bits per heavy atom. The number of nitriles is 1. The second-order valence-corrected chi connectivity index (χ2v) is 3.51. The molecule has 0 aromatic rings. The van der Waals surface area contributed by atoms with Gasteiger partial charge in [-0.05, 0) is 6.08 Å². The van der Waals surface area contributed by atoms with Crippen LogP contribution in [0.3, 0.4) is 0 Å². The lowest BCUT2D eigenvalue weighted by molar-refractivity contribution is -0.0927. The fourth-order valence-corrected chi connectivity index (χ4v) is 1.67. The first-order chi connectivity index (χ1) is 7.95. The van der Waals surface area contributed by atoms with Crippen LogP contribution in [0.5, 0.6) is 0 Å².